The summed E-state index contributed by atoms with van der Waals surface area (Å²) in [6.07, 6.45) is 3.08. The van der Waals surface area contributed by atoms with Crippen LogP contribution in [-0.4, -0.2) is 18.4 Å². The number of hydrogen-bond acceptors (Lipinski definition) is 4. The van der Waals surface area contributed by atoms with Crippen molar-refractivity contribution in [2.24, 2.45) is 0 Å². The van der Waals surface area contributed by atoms with Crippen molar-refractivity contribution in [3.05, 3.63) is 11.3 Å². The lowest BCUT2D eigenvalue weighted by molar-refractivity contribution is 0.0718. The van der Waals surface area contributed by atoms with Crippen LogP contribution >= 0.6 is 0 Å². The molecule has 0 radical (unpaired) electrons. The van der Waals surface area contributed by atoms with Crippen LogP contribution in [0.4, 0.5) is 5.82 Å². The van der Waals surface area contributed by atoms with Crippen LogP contribution in [0.15, 0.2) is 4.52 Å². The van der Waals surface area contributed by atoms with Gasteiger partial charge in [-0.1, -0.05) is 12.1 Å². The normalized spacial score (nSPS) is 22.5. The maximum Gasteiger partial charge on any atom is 0.170 e. The molecule has 1 unspecified atom stereocenters. The van der Waals surface area contributed by atoms with E-state index in [1.807, 2.05) is 0 Å². The van der Waals surface area contributed by atoms with Crippen molar-refractivity contribution in [2.45, 2.75) is 32.1 Å². The summed E-state index contributed by atoms with van der Waals surface area (Å²) in [4.78, 5) is 0. The number of anilines is 1. The molecule has 78 valence electrons. The van der Waals surface area contributed by atoms with Gasteiger partial charge in [0.2, 0.25) is 0 Å². The van der Waals surface area contributed by atoms with Gasteiger partial charge in [-0.2, -0.15) is 0 Å². The zero-order valence-electron chi connectivity index (χ0n) is 8.45. The largest absolute Gasteiger partial charge is 0.381 e. The fraction of sp³-hybridized carbons (Fsp3) is 0.700. The number of nitrogens with zero attached hydrogens (tertiary/aromatic N) is 1. The zero-order chi connectivity index (χ0) is 9.97. The second-order valence-corrected chi connectivity index (χ2v) is 3.68. The first kappa shape index (κ1) is 9.52. The highest BCUT2D eigenvalue weighted by Gasteiger charge is 2.24. The first-order valence-corrected chi connectivity index (χ1v) is 5.14. The number of ether oxygens (including phenoxy) is 1. The second-order valence-electron chi connectivity index (χ2n) is 3.68. The summed E-state index contributed by atoms with van der Waals surface area (Å²) in [6.45, 7) is 3.67. The molecule has 0 aromatic carbocycles. The predicted octanol–water partition coefficient (Wildman–Crippen LogP) is 1.71. The van der Waals surface area contributed by atoms with Crippen molar-refractivity contribution in [1.29, 1.82) is 0 Å². The van der Waals surface area contributed by atoms with Crippen molar-refractivity contribution >= 4 is 5.82 Å². The molecule has 1 aliphatic rings. The highest BCUT2D eigenvalue weighted by molar-refractivity contribution is 5.41. The average molecular weight is 196 g/mol. The molecule has 2 rings (SSSR count). The first-order valence-electron chi connectivity index (χ1n) is 5.14. The Morgan fingerprint density at radius 3 is 3.07 bits per heavy atom. The van der Waals surface area contributed by atoms with Crippen LogP contribution in [0.2, 0.25) is 0 Å². The van der Waals surface area contributed by atoms with E-state index in [1.165, 1.54) is 0 Å². The van der Waals surface area contributed by atoms with Gasteiger partial charge in [0.15, 0.2) is 5.82 Å². The topological polar surface area (TPSA) is 61.3 Å². The minimum absolute atomic E-state index is 0.350. The summed E-state index contributed by atoms with van der Waals surface area (Å²) in [7, 11) is 0. The Labute approximate surface area is 83.4 Å². The quantitative estimate of drug-likeness (QED) is 0.782. The molecule has 1 saturated heterocycles. The molecule has 4 heteroatoms. The minimum atomic E-state index is 0.350. The molecule has 14 heavy (non-hydrogen) atoms. The zero-order valence-corrected chi connectivity index (χ0v) is 8.45. The third-order valence-electron chi connectivity index (χ3n) is 2.73. The number of nitrogen functional groups attached to an aromatic ring is 1. The molecule has 0 amide bonds. The Morgan fingerprint density at radius 1 is 1.57 bits per heavy atom. The molecule has 1 aromatic rings. The Kier molecular flexibility index (Phi) is 2.72. The van der Waals surface area contributed by atoms with Gasteiger partial charge in [-0.25, -0.2) is 0 Å². The predicted molar refractivity (Wildman–Crippen MR) is 53.1 cm³/mol. The molecular formula is C10H16N2O2. The molecule has 2 heterocycles. The molecule has 0 spiro atoms. The van der Waals surface area contributed by atoms with Gasteiger partial charge in [0.05, 0.1) is 6.61 Å². The third-order valence-corrected chi connectivity index (χ3v) is 2.73. The van der Waals surface area contributed by atoms with Crippen LogP contribution in [0.5, 0.6) is 0 Å². The van der Waals surface area contributed by atoms with E-state index in [0.717, 1.165) is 43.8 Å². The highest BCUT2D eigenvalue weighted by Crippen LogP contribution is 2.30. The molecule has 4 nitrogen and oxygen atoms in total. The van der Waals surface area contributed by atoms with E-state index in [9.17, 15) is 0 Å². The summed E-state index contributed by atoms with van der Waals surface area (Å²) >= 11 is 0. The van der Waals surface area contributed by atoms with Crippen LogP contribution in [0.1, 0.15) is 37.0 Å². The van der Waals surface area contributed by atoms with Crippen LogP contribution in [0.25, 0.3) is 0 Å². The monoisotopic (exact) mass is 196 g/mol. The van der Waals surface area contributed by atoms with E-state index in [1.54, 1.807) is 0 Å². The van der Waals surface area contributed by atoms with E-state index in [-0.39, 0.29) is 0 Å². The van der Waals surface area contributed by atoms with Crippen LogP contribution in [0, 0.1) is 0 Å². The maximum absolute atomic E-state index is 5.71. The van der Waals surface area contributed by atoms with Gasteiger partial charge in [-0.15, -0.1) is 0 Å². The molecule has 1 aliphatic heterocycles. The lowest BCUT2D eigenvalue weighted by atomic mass is 9.95. The summed E-state index contributed by atoms with van der Waals surface area (Å²) in [6, 6.07) is 0. The van der Waals surface area contributed by atoms with E-state index >= 15 is 0 Å². The lowest BCUT2D eigenvalue weighted by Crippen LogP contribution is -2.16. The van der Waals surface area contributed by atoms with E-state index in [4.69, 9.17) is 15.0 Å². The van der Waals surface area contributed by atoms with E-state index in [0.29, 0.717) is 11.7 Å². The van der Waals surface area contributed by atoms with Crippen molar-refractivity contribution in [3.8, 4) is 0 Å². The Morgan fingerprint density at radius 2 is 2.43 bits per heavy atom. The first-order chi connectivity index (χ1) is 6.83. The van der Waals surface area contributed by atoms with Crippen molar-refractivity contribution < 1.29 is 9.26 Å². The summed E-state index contributed by atoms with van der Waals surface area (Å²) in [5.41, 5.74) is 6.77. The molecule has 0 aliphatic carbocycles. The molecule has 0 bridgehead atoms. The van der Waals surface area contributed by atoms with E-state index < -0.39 is 0 Å². The summed E-state index contributed by atoms with van der Waals surface area (Å²) in [5, 5.41) is 3.81. The van der Waals surface area contributed by atoms with E-state index in [2.05, 4.69) is 12.1 Å². The van der Waals surface area contributed by atoms with Crippen molar-refractivity contribution in [2.75, 3.05) is 18.9 Å². The molecule has 0 saturated carbocycles. The number of rotatable bonds is 2. The summed E-state index contributed by atoms with van der Waals surface area (Å²) in [5.74, 6) is 1.82. The summed E-state index contributed by atoms with van der Waals surface area (Å²) < 4.78 is 10.7. The maximum atomic E-state index is 5.71. The highest BCUT2D eigenvalue weighted by atomic mass is 16.5. The van der Waals surface area contributed by atoms with Crippen LogP contribution < -0.4 is 5.73 Å². The molecular weight excluding hydrogens is 180 g/mol. The Bertz CT molecular complexity index is 303. The van der Waals surface area contributed by atoms with Gasteiger partial charge in [0.25, 0.3) is 0 Å². The van der Waals surface area contributed by atoms with Gasteiger partial charge in [0, 0.05) is 18.1 Å². The fourth-order valence-electron chi connectivity index (χ4n) is 1.96. The molecule has 1 atom stereocenters. The van der Waals surface area contributed by atoms with Gasteiger partial charge < -0.3 is 15.0 Å². The average Bonchev–Trinajstić information content (AvgIpc) is 2.61. The Balaban J connectivity index is 2.21. The van der Waals surface area contributed by atoms with Crippen LogP contribution in [0.3, 0.4) is 0 Å². The van der Waals surface area contributed by atoms with Gasteiger partial charge >= 0.3 is 0 Å². The molecule has 1 fully saturated rings. The standard InChI is InChI=1S/C10H16N2O2/c1-2-8-9(14-12-10(8)11)7-4-3-5-13-6-7/h7H,2-6H2,1H3,(H2,11,12). The Hall–Kier alpha value is -1.03. The number of hydrogen-bond donors (Lipinski definition) is 1. The van der Waals surface area contributed by atoms with Gasteiger partial charge in [0.1, 0.15) is 5.76 Å². The van der Waals surface area contributed by atoms with Crippen molar-refractivity contribution in [1.82, 2.24) is 5.16 Å². The molecule has 1 aromatic heterocycles. The molecule has 2 N–H and O–H groups in total. The van der Waals surface area contributed by atoms with Crippen molar-refractivity contribution in [3.63, 3.8) is 0 Å². The number of aromatic nitrogens is 1. The van der Waals surface area contributed by atoms with Gasteiger partial charge in [-0.05, 0) is 19.3 Å². The third kappa shape index (κ3) is 1.62. The SMILES string of the molecule is CCc1c(N)noc1C1CCCOC1. The van der Waals surface area contributed by atoms with Gasteiger partial charge in [-0.3, -0.25) is 0 Å². The fourth-order valence-corrected chi connectivity index (χ4v) is 1.96. The number of nitrogens with two attached hydrogens (primary N) is 1. The smallest absolute Gasteiger partial charge is 0.170 e. The lowest BCUT2D eigenvalue weighted by Gasteiger charge is -2.20. The second kappa shape index (κ2) is 4.00. The van der Waals surface area contributed by atoms with Crippen LogP contribution in [-0.2, 0) is 11.2 Å². The minimum Gasteiger partial charge on any atom is -0.381 e.